The Hall–Kier alpha value is -2.72. The maximum Gasteiger partial charge on any atom is 0.328 e. The average Bonchev–Trinajstić information content (AvgIpc) is 2.59. The Morgan fingerprint density at radius 2 is 0.769 bits per heavy atom. The van der Waals surface area contributed by atoms with Crippen LogP contribution >= 0.6 is 0 Å². The first-order chi connectivity index (χ1) is 12.1. The summed E-state index contributed by atoms with van der Waals surface area (Å²) in [4.78, 5) is 38.2. The second-order valence-electron chi connectivity index (χ2n) is 5.27. The molecule has 0 bridgehead atoms. The minimum Gasteiger partial charge on any atom is -0.478 e. The zero-order chi connectivity index (χ0) is 20.5. The lowest BCUT2D eigenvalue weighted by molar-refractivity contribution is -0.134. The van der Waals surface area contributed by atoms with E-state index in [-0.39, 0.29) is 0 Å². The van der Waals surface area contributed by atoms with Crippen LogP contribution < -0.4 is 0 Å². The van der Waals surface area contributed by atoms with E-state index in [4.69, 9.17) is 30.6 Å². The van der Waals surface area contributed by atoms with Gasteiger partial charge in [-0.1, -0.05) is 0 Å². The van der Waals surface area contributed by atoms with Gasteiger partial charge in [0.15, 0.2) is 0 Å². The molecule has 0 aliphatic heterocycles. The molecule has 0 heterocycles. The number of aliphatic carboxylic acids is 4. The Bertz CT molecular complexity index is 423. The van der Waals surface area contributed by atoms with E-state index in [1.165, 1.54) is 0 Å². The van der Waals surface area contributed by atoms with Crippen LogP contribution in [-0.4, -0.2) is 67.7 Å². The van der Waals surface area contributed by atoms with E-state index in [2.05, 4.69) is 0 Å². The topological polar surface area (TPSA) is 190 Å². The monoisotopic (exact) mass is 376 g/mol. The molecular formula is C16H24O10. The molecule has 10 heteroatoms. The van der Waals surface area contributed by atoms with E-state index in [9.17, 15) is 19.2 Å². The van der Waals surface area contributed by atoms with Crippen LogP contribution in [0.25, 0.3) is 0 Å². The van der Waals surface area contributed by atoms with Gasteiger partial charge in [-0.3, -0.25) is 0 Å². The molecule has 0 aromatic carbocycles. The SMILES string of the molecule is O=C(O)/C=C\C(=O)O.O=C(O)/C=C\C(=O)O.OCC1CCC(CO)CC1. The summed E-state index contributed by atoms with van der Waals surface area (Å²) in [7, 11) is 0. The second-order valence-corrected chi connectivity index (χ2v) is 5.27. The van der Waals surface area contributed by atoms with Crippen molar-refractivity contribution in [2.24, 2.45) is 11.8 Å². The number of aliphatic hydroxyl groups excluding tert-OH is 2. The van der Waals surface area contributed by atoms with Gasteiger partial charge in [0.1, 0.15) is 0 Å². The molecule has 0 amide bonds. The standard InChI is InChI=1S/C8H16O2.2C4H4O4/c9-5-7-1-2-8(6-10)4-3-7;2*5-3(6)1-2-4(7)8/h7-10H,1-6H2;2*1-2H,(H,5,6)(H,7,8)/b;2*2-1-. The minimum atomic E-state index is -1.26. The zero-order valence-electron chi connectivity index (χ0n) is 14.0. The Morgan fingerprint density at radius 1 is 0.577 bits per heavy atom. The van der Waals surface area contributed by atoms with Gasteiger partial charge >= 0.3 is 23.9 Å². The molecule has 0 aromatic rings. The number of hydrogen-bond acceptors (Lipinski definition) is 6. The molecule has 6 N–H and O–H groups in total. The van der Waals surface area contributed by atoms with E-state index in [1.807, 2.05) is 0 Å². The van der Waals surface area contributed by atoms with Crippen molar-refractivity contribution in [3.63, 3.8) is 0 Å². The van der Waals surface area contributed by atoms with Crippen LogP contribution in [0.4, 0.5) is 0 Å². The number of rotatable bonds is 6. The van der Waals surface area contributed by atoms with Gasteiger partial charge in [0, 0.05) is 37.5 Å². The number of carboxylic acids is 4. The van der Waals surface area contributed by atoms with Crippen molar-refractivity contribution in [1.29, 1.82) is 0 Å². The number of carbonyl (C=O) groups is 4. The Morgan fingerprint density at radius 3 is 0.885 bits per heavy atom. The van der Waals surface area contributed by atoms with Gasteiger partial charge in [0.2, 0.25) is 0 Å². The van der Waals surface area contributed by atoms with E-state index in [0.29, 0.717) is 49.4 Å². The lowest BCUT2D eigenvalue weighted by Gasteiger charge is -2.25. The summed E-state index contributed by atoms with van der Waals surface area (Å²) < 4.78 is 0. The van der Waals surface area contributed by atoms with Crippen molar-refractivity contribution in [1.82, 2.24) is 0 Å². The van der Waals surface area contributed by atoms with Crippen LogP contribution in [0.1, 0.15) is 25.7 Å². The molecule has 1 fully saturated rings. The highest BCUT2D eigenvalue weighted by Crippen LogP contribution is 2.27. The lowest BCUT2D eigenvalue weighted by atomic mass is 9.83. The van der Waals surface area contributed by atoms with Gasteiger partial charge in [-0.05, 0) is 37.5 Å². The molecule has 10 nitrogen and oxygen atoms in total. The van der Waals surface area contributed by atoms with Crippen LogP contribution in [0, 0.1) is 11.8 Å². The lowest BCUT2D eigenvalue weighted by Crippen LogP contribution is -2.19. The van der Waals surface area contributed by atoms with E-state index in [1.54, 1.807) is 0 Å². The quantitative estimate of drug-likeness (QED) is 0.349. The third-order valence-electron chi connectivity index (χ3n) is 3.22. The summed E-state index contributed by atoms with van der Waals surface area (Å²) in [5.74, 6) is -4.00. The summed E-state index contributed by atoms with van der Waals surface area (Å²) in [6.07, 6.45) is 6.63. The minimum absolute atomic E-state index is 0.331. The molecule has 0 saturated heterocycles. The smallest absolute Gasteiger partial charge is 0.328 e. The van der Waals surface area contributed by atoms with Crippen molar-refractivity contribution in [3.8, 4) is 0 Å². The van der Waals surface area contributed by atoms with Crippen LogP contribution in [0.3, 0.4) is 0 Å². The maximum atomic E-state index is 9.55. The molecule has 1 rings (SSSR count). The van der Waals surface area contributed by atoms with Gasteiger partial charge in [-0.15, -0.1) is 0 Å². The largest absolute Gasteiger partial charge is 0.478 e. The summed E-state index contributed by atoms with van der Waals surface area (Å²) in [6.45, 7) is 0.663. The molecule has 1 aliphatic rings. The Labute approximate surface area is 149 Å². The van der Waals surface area contributed by atoms with Crippen molar-refractivity contribution in [2.75, 3.05) is 13.2 Å². The van der Waals surface area contributed by atoms with Gasteiger partial charge in [0.25, 0.3) is 0 Å². The van der Waals surface area contributed by atoms with E-state index < -0.39 is 23.9 Å². The highest BCUT2D eigenvalue weighted by Gasteiger charge is 2.19. The molecule has 0 unspecified atom stereocenters. The predicted molar refractivity (Wildman–Crippen MR) is 88.4 cm³/mol. The maximum absolute atomic E-state index is 9.55. The Kier molecular flexibility index (Phi) is 15.5. The third kappa shape index (κ3) is 19.3. The molecule has 1 saturated carbocycles. The van der Waals surface area contributed by atoms with Gasteiger partial charge in [0.05, 0.1) is 0 Å². The van der Waals surface area contributed by atoms with Crippen molar-refractivity contribution in [2.45, 2.75) is 25.7 Å². The zero-order valence-corrected chi connectivity index (χ0v) is 14.0. The van der Waals surface area contributed by atoms with E-state index in [0.717, 1.165) is 25.7 Å². The van der Waals surface area contributed by atoms with Crippen molar-refractivity contribution < 1.29 is 49.8 Å². The molecule has 0 atom stereocenters. The normalized spacial score (nSPS) is 19.0. The fourth-order valence-corrected chi connectivity index (χ4v) is 1.88. The number of hydrogen-bond donors (Lipinski definition) is 6. The first-order valence-corrected chi connectivity index (χ1v) is 7.61. The molecule has 148 valence electrons. The molecule has 0 radical (unpaired) electrons. The van der Waals surface area contributed by atoms with Gasteiger partial charge < -0.3 is 30.6 Å². The third-order valence-corrected chi connectivity index (χ3v) is 3.22. The summed E-state index contributed by atoms with van der Waals surface area (Å²) in [5, 5.41) is 48.8. The molecular weight excluding hydrogens is 352 g/mol. The van der Waals surface area contributed by atoms with Crippen LogP contribution in [0.2, 0.25) is 0 Å². The van der Waals surface area contributed by atoms with Crippen LogP contribution in [0.15, 0.2) is 24.3 Å². The molecule has 1 aliphatic carbocycles. The number of carboxylic acid groups (broad SMARTS) is 4. The van der Waals surface area contributed by atoms with Gasteiger partial charge in [-0.25, -0.2) is 19.2 Å². The van der Waals surface area contributed by atoms with Gasteiger partial charge in [-0.2, -0.15) is 0 Å². The van der Waals surface area contributed by atoms with Crippen molar-refractivity contribution in [3.05, 3.63) is 24.3 Å². The molecule has 0 spiro atoms. The average molecular weight is 376 g/mol. The molecule has 0 aromatic heterocycles. The fraction of sp³-hybridized carbons (Fsp3) is 0.500. The first kappa shape index (κ1) is 25.5. The highest BCUT2D eigenvalue weighted by molar-refractivity contribution is 5.90. The van der Waals surface area contributed by atoms with Crippen LogP contribution in [-0.2, 0) is 19.2 Å². The van der Waals surface area contributed by atoms with E-state index >= 15 is 0 Å². The highest BCUT2D eigenvalue weighted by atomic mass is 16.4. The molecule has 26 heavy (non-hydrogen) atoms. The Balaban J connectivity index is 0. The van der Waals surface area contributed by atoms with Crippen molar-refractivity contribution >= 4 is 23.9 Å². The fourth-order valence-electron chi connectivity index (χ4n) is 1.88. The summed E-state index contributed by atoms with van der Waals surface area (Å²) >= 11 is 0. The summed E-state index contributed by atoms with van der Waals surface area (Å²) in [5.41, 5.74) is 0. The van der Waals surface area contributed by atoms with Crippen LogP contribution in [0.5, 0.6) is 0 Å². The predicted octanol–water partition coefficient (Wildman–Crippen LogP) is 0.201. The summed E-state index contributed by atoms with van der Waals surface area (Å²) in [6, 6.07) is 0. The first-order valence-electron chi connectivity index (χ1n) is 7.61. The second kappa shape index (κ2) is 15.8. The number of aliphatic hydroxyl groups is 2.